The van der Waals surface area contributed by atoms with Gasteiger partial charge in [0.15, 0.2) is 4.75 Å². The van der Waals surface area contributed by atoms with Gasteiger partial charge in [0, 0.05) is 13.0 Å². The van der Waals surface area contributed by atoms with Crippen LogP contribution in [-0.2, 0) is 10.0 Å². The number of rotatable bonds is 11. The van der Waals surface area contributed by atoms with Gasteiger partial charge in [-0.2, -0.15) is 10.5 Å². The van der Waals surface area contributed by atoms with Crippen LogP contribution in [0.1, 0.15) is 65.2 Å². The minimum Gasteiger partial charge on any atom is -0.213 e. The normalized spacial score (nSPS) is 14.2. The third kappa shape index (κ3) is 5.48. The summed E-state index contributed by atoms with van der Waals surface area (Å²) in [4.78, 5) is 0. The van der Waals surface area contributed by atoms with Crippen LogP contribution in [0.2, 0.25) is 0 Å². The van der Waals surface area contributed by atoms with Gasteiger partial charge in [-0.1, -0.05) is 46.0 Å². The van der Waals surface area contributed by atoms with Gasteiger partial charge >= 0.3 is 0 Å². The van der Waals surface area contributed by atoms with E-state index in [1.165, 1.54) is 0 Å². The molecule has 114 valence electrons. The van der Waals surface area contributed by atoms with E-state index >= 15 is 0 Å². The minimum absolute atomic E-state index is 0.0704. The zero-order valence-corrected chi connectivity index (χ0v) is 13.3. The number of hydrogen-bond donors (Lipinski definition) is 1. The molecule has 0 aliphatic heterocycles. The summed E-state index contributed by atoms with van der Waals surface area (Å²) in [5.41, 5.74) is 0. The van der Waals surface area contributed by atoms with Crippen molar-refractivity contribution in [3.05, 3.63) is 0 Å². The highest BCUT2D eigenvalue weighted by Gasteiger charge is 2.42. The molecule has 0 saturated carbocycles. The van der Waals surface area contributed by atoms with Crippen LogP contribution in [0, 0.1) is 22.7 Å². The fraction of sp³-hybridized carbons (Fsp3) is 0.857. The number of sulfonamides is 1. The molecule has 0 bridgehead atoms. The van der Waals surface area contributed by atoms with Gasteiger partial charge in [-0.15, -0.1) is 0 Å². The fourth-order valence-corrected chi connectivity index (χ4v) is 3.84. The van der Waals surface area contributed by atoms with Crippen LogP contribution in [0.5, 0.6) is 0 Å². The monoisotopic (exact) mass is 299 g/mol. The van der Waals surface area contributed by atoms with E-state index in [2.05, 4.69) is 11.6 Å². The van der Waals surface area contributed by atoms with Crippen molar-refractivity contribution in [2.75, 3.05) is 6.54 Å². The van der Waals surface area contributed by atoms with Crippen LogP contribution in [0.25, 0.3) is 0 Å². The average Bonchev–Trinajstić information content (AvgIpc) is 2.42. The van der Waals surface area contributed by atoms with Gasteiger partial charge < -0.3 is 0 Å². The number of nitriles is 2. The summed E-state index contributed by atoms with van der Waals surface area (Å²) in [5, 5.41) is 17.9. The van der Waals surface area contributed by atoms with Crippen LogP contribution in [0.4, 0.5) is 0 Å². The Morgan fingerprint density at radius 2 is 1.75 bits per heavy atom. The number of hydrogen-bond acceptors (Lipinski definition) is 4. The molecule has 0 aromatic rings. The summed E-state index contributed by atoms with van der Waals surface area (Å²) in [6.07, 6.45) is 5.24. The number of nitrogens with one attached hydrogen (secondary N) is 1. The maximum atomic E-state index is 12.4. The largest absolute Gasteiger partial charge is 0.230 e. The number of nitrogens with zero attached hydrogens (tertiary/aromatic N) is 2. The van der Waals surface area contributed by atoms with Crippen molar-refractivity contribution in [2.24, 2.45) is 0 Å². The van der Waals surface area contributed by atoms with Crippen molar-refractivity contribution in [1.29, 1.82) is 10.5 Å². The predicted octanol–water partition coefficient (Wildman–Crippen LogP) is 2.85. The molecule has 1 atom stereocenters. The van der Waals surface area contributed by atoms with Crippen molar-refractivity contribution < 1.29 is 8.42 Å². The Hall–Kier alpha value is -1.11. The summed E-state index contributed by atoms with van der Waals surface area (Å²) < 4.78 is 25.8. The molecule has 1 unspecified atom stereocenters. The smallest absolute Gasteiger partial charge is 0.213 e. The zero-order valence-electron chi connectivity index (χ0n) is 12.5. The Morgan fingerprint density at radius 3 is 2.25 bits per heavy atom. The third-order valence-electron chi connectivity index (χ3n) is 3.34. The lowest BCUT2D eigenvalue weighted by Gasteiger charge is -2.26. The SMILES string of the molecule is CCCCCCC(C#N)(CCC)S(=O)(=O)NCCC#N. The minimum atomic E-state index is -3.72. The molecule has 0 amide bonds. The second-order valence-corrected chi connectivity index (χ2v) is 7.05. The van der Waals surface area contributed by atoms with Crippen molar-refractivity contribution in [3.8, 4) is 12.1 Å². The van der Waals surface area contributed by atoms with Crippen LogP contribution in [-0.4, -0.2) is 19.7 Å². The molecule has 20 heavy (non-hydrogen) atoms. The van der Waals surface area contributed by atoms with Gasteiger partial charge in [-0.25, -0.2) is 13.1 Å². The van der Waals surface area contributed by atoms with E-state index in [0.717, 1.165) is 25.7 Å². The van der Waals surface area contributed by atoms with Gasteiger partial charge in [0.25, 0.3) is 0 Å². The highest BCUT2D eigenvalue weighted by molar-refractivity contribution is 7.91. The predicted molar refractivity (Wildman–Crippen MR) is 79.2 cm³/mol. The van der Waals surface area contributed by atoms with Crippen LogP contribution in [0.15, 0.2) is 0 Å². The Labute approximate surface area is 123 Å². The lowest BCUT2D eigenvalue weighted by molar-refractivity contribution is 0.481. The molecule has 1 N–H and O–H groups in total. The first-order chi connectivity index (χ1) is 9.49. The summed E-state index contributed by atoms with van der Waals surface area (Å²) >= 11 is 0. The van der Waals surface area contributed by atoms with Gasteiger partial charge in [-0.05, 0) is 12.8 Å². The molecule has 0 saturated heterocycles. The summed E-state index contributed by atoms with van der Waals surface area (Å²) in [7, 11) is -3.72. The van der Waals surface area contributed by atoms with E-state index in [-0.39, 0.29) is 13.0 Å². The lowest BCUT2D eigenvalue weighted by Crippen LogP contribution is -2.45. The molecule has 0 aliphatic rings. The van der Waals surface area contributed by atoms with Crippen molar-refractivity contribution in [1.82, 2.24) is 4.72 Å². The molecule has 6 heteroatoms. The van der Waals surface area contributed by atoms with E-state index in [4.69, 9.17) is 5.26 Å². The van der Waals surface area contributed by atoms with Crippen molar-refractivity contribution in [3.63, 3.8) is 0 Å². The molecule has 0 rings (SSSR count). The molecular formula is C14H25N3O2S. The topological polar surface area (TPSA) is 93.8 Å². The average molecular weight is 299 g/mol. The van der Waals surface area contributed by atoms with E-state index < -0.39 is 14.8 Å². The first kappa shape index (κ1) is 18.9. The van der Waals surface area contributed by atoms with Crippen molar-refractivity contribution >= 4 is 10.0 Å². The van der Waals surface area contributed by atoms with Gasteiger partial charge in [-0.3, -0.25) is 0 Å². The molecule has 0 radical (unpaired) electrons. The lowest BCUT2D eigenvalue weighted by atomic mass is 9.96. The Bertz CT molecular complexity index is 448. The molecule has 0 aromatic carbocycles. The first-order valence-corrected chi connectivity index (χ1v) is 8.75. The van der Waals surface area contributed by atoms with Gasteiger partial charge in [0.1, 0.15) is 0 Å². The molecule has 0 spiro atoms. The van der Waals surface area contributed by atoms with Gasteiger partial charge in [0.2, 0.25) is 10.0 Å². The highest BCUT2D eigenvalue weighted by Crippen LogP contribution is 2.29. The summed E-state index contributed by atoms with van der Waals surface area (Å²) in [6.45, 7) is 4.04. The summed E-state index contributed by atoms with van der Waals surface area (Å²) in [6, 6.07) is 3.92. The third-order valence-corrected chi connectivity index (χ3v) is 5.45. The standard InChI is InChI=1S/C14H25N3O2S/c1-3-5-6-7-10-14(13-16,9-4-2)20(18,19)17-12-8-11-15/h17H,3-10,12H2,1-2H3. The molecular weight excluding hydrogens is 274 g/mol. The van der Waals surface area contributed by atoms with E-state index in [9.17, 15) is 13.7 Å². The molecule has 5 nitrogen and oxygen atoms in total. The van der Waals surface area contributed by atoms with Crippen LogP contribution in [0.3, 0.4) is 0 Å². The Kier molecular flexibility index (Phi) is 9.20. The maximum Gasteiger partial charge on any atom is 0.230 e. The Morgan fingerprint density at radius 1 is 1.05 bits per heavy atom. The van der Waals surface area contributed by atoms with Gasteiger partial charge in [0.05, 0.1) is 12.1 Å². The van der Waals surface area contributed by atoms with E-state index in [1.807, 2.05) is 19.1 Å². The fourth-order valence-electron chi connectivity index (χ4n) is 2.19. The number of unbranched alkanes of at least 4 members (excludes halogenated alkanes) is 3. The first-order valence-electron chi connectivity index (χ1n) is 7.27. The molecule has 0 fully saturated rings. The van der Waals surface area contributed by atoms with E-state index in [0.29, 0.717) is 19.3 Å². The molecule has 0 aromatic heterocycles. The maximum absolute atomic E-state index is 12.4. The highest BCUT2D eigenvalue weighted by atomic mass is 32.2. The second kappa shape index (κ2) is 9.74. The second-order valence-electron chi connectivity index (χ2n) is 4.97. The van der Waals surface area contributed by atoms with Crippen LogP contribution >= 0.6 is 0 Å². The summed E-state index contributed by atoms with van der Waals surface area (Å²) in [5.74, 6) is 0. The zero-order chi connectivity index (χ0) is 15.5. The Balaban J connectivity index is 4.92. The quantitative estimate of drug-likeness (QED) is 0.593. The van der Waals surface area contributed by atoms with E-state index in [1.54, 1.807) is 0 Å². The molecule has 0 aliphatic carbocycles. The van der Waals surface area contributed by atoms with Crippen LogP contribution < -0.4 is 4.72 Å². The van der Waals surface area contributed by atoms with Crippen molar-refractivity contribution in [2.45, 2.75) is 70.0 Å². The molecule has 0 heterocycles.